The lowest BCUT2D eigenvalue weighted by molar-refractivity contribution is -0.118. The Hall–Kier alpha value is -1.39. The van der Waals surface area contributed by atoms with E-state index in [0.717, 1.165) is 23.2 Å². The highest BCUT2D eigenvalue weighted by molar-refractivity contribution is 5.93. The number of rotatable bonds is 7. The van der Waals surface area contributed by atoms with E-state index in [2.05, 4.69) is 12.2 Å². The summed E-state index contributed by atoms with van der Waals surface area (Å²) >= 11 is 0. The maximum absolute atomic E-state index is 12.3. The summed E-state index contributed by atoms with van der Waals surface area (Å²) in [6.45, 7) is 10.7. The summed E-state index contributed by atoms with van der Waals surface area (Å²) in [6.07, 6.45) is 0.448. The van der Waals surface area contributed by atoms with Crippen molar-refractivity contribution in [2.75, 3.05) is 18.4 Å². The Labute approximate surface area is 128 Å². The van der Waals surface area contributed by atoms with Crippen molar-refractivity contribution in [1.82, 2.24) is 4.90 Å². The second kappa shape index (κ2) is 8.15. The van der Waals surface area contributed by atoms with E-state index >= 15 is 0 Å². The summed E-state index contributed by atoms with van der Waals surface area (Å²) in [4.78, 5) is 14.3. The van der Waals surface area contributed by atoms with E-state index in [-0.39, 0.29) is 11.9 Å². The number of hydrogen-bond acceptors (Lipinski definition) is 3. The molecule has 0 aliphatic heterocycles. The van der Waals surface area contributed by atoms with Crippen molar-refractivity contribution in [2.45, 2.75) is 53.2 Å². The molecule has 118 valence electrons. The molecule has 1 aromatic carbocycles. The van der Waals surface area contributed by atoms with Crippen LogP contribution in [0.5, 0.6) is 0 Å². The zero-order chi connectivity index (χ0) is 16.0. The highest BCUT2D eigenvalue weighted by Crippen LogP contribution is 2.21. The van der Waals surface area contributed by atoms with Crippen LogP contribution in [0.2, 0.25) is 0 Å². The first-order valence-corrected chi connectivity index (χ1v) is 7.65. The zero-order valence-electron chi connectivity index (χ0n) is 13.8. The fourth-order valence-electron chi connectivity index (χ4n) is 2.36. The number of aliphatic hydroxyl groups excluding tert-OH is 1. The summed E-state index contributed by atoms with van der Waals surface area (Å²) < 4.78 is 0. The topological polar surface area (TPSA) is 52.6 Å². The molecule has 4 nitrogen and oxygen atoms in total. The van der Waals surface area contributed by atoms with E-state index in [9.17, 15) is 9.90 Å². The molecule has 21 heavy (non-hydrogen) atoms. The number of para-hydroxylation sites is 1. The maximum atomic E-state index is 12.3. The number of nitrogens with zero attached hydrogens (tertiary/aromatic N) is 1. The van der Waals surface area contributed by atoms with Gasteiger partial charge in [0.05, 0.1) is 12.6 Å². The highest BCUT2D eigenvalue weighted by Gasteiger charge is 2.17. The first-order valence-electron chi connectivity index (χ1n) is 7.65. The molecule has 0 fully saturated rings. The van der Waals surface area contributed by atoms with E-state index in [1.807, 2.05) is 43.9 Å². The van der Waals surface area contributed by atoms with Crippen LogP contribution in [0.15, 0.2) is 18.2 Å². The van der Waals surface area contributed by atoms with Crippen molar-refractivity contribution >= 4 is 11.6 Å². The Bertz CT molecular complexity index is 470. The Morgan fingerprint density at radius 3 is 2.52 bits per heavy atom. The third-order valence-electron chi connectivity index (χ3n) is 3.58. The van der Waals surface area contributed by atoms with Crippen LogP contribution in [0.1, 0.15) is 38.8 Å². The van der Waals surface area contributed by atoms with E-state index < -0.39 is 6.10 Å². The first-order chi connectivity index (χ1) is 9.85. The summed E-state index contributed by atoms with van der Waals surface area (Å²) in [6, 6.07) is 6.27. The zero-order valence-corrected chi connectivity index (χ0v) is 13.8. The molecule has 1 atom stereocenters. The number of anilines is 1. The summed E-state index contributed by atoms with van der Waals surface area (Å²) in [7, 11) is 0. The fraction of sp³-hybridized carbons (Fsp3) is 0.588. The molecule has 1 rings (SSSR count). The molecule has 0 aliphatic rings. The van der Waals surface area contributed by atoms with Crippen molar-refractivity contribution in [1.29, 1.82) is 0 Å². The number of carbonyl (C=O) groups excluding carboxylic acids is 1. The van der Waals surface area contributed by atoms with Gasteiger partial charge >= 0.3 is 0 Å². The van der Waals surface area contributed by atoms with Gasteiger partial charge < -0.3 is 10.4 Å². The third-order valence-corrected chi connectivity index (χ3v) is 3.58. The molecule has 1 aromatic rings. The quantitative estimate of drug-likeness (QED) is 0.812. The number of aliphatic hydroxyl groups is 1. The Morgan fingerprint density at radius 1 is 1.33 bits per heavy atom. The van der Waals surface area contributed by atoms with Gasteiger partial charge in [0.15, 0.2) is 0 Å². The van der Waals surface area contributed by atoms with Crippen LogP contribution in [0.3, 0.4) is 0 Å². The Kier molecular flexibility index (Phi) is 6.85. The monoisotopic (exact) mass is 292 g/mol. The summed E-state index contributed by atoms with van der Waals surface area (Å²) in [5.41, 5.74) is 3.15. The Balaban J connectivity index is 2.77. The van der Waals surface area contributed by atoms with Gasteiger partial charge in [-0.25, -0.2) is 0 Å². The molecule has 0 aromatic heterocycles. The van der Waals surface area contributed by atoms with Crippen LogP contribution >= 0.6 is 0 Å². The van der Waals surface area contributed by atoms with Crippen molar-refractivity contribution in [3.63, 3.8) is 0 Å². The Morgan fingerprint density at radius 2 is 2.00 bits per heavy atom. The molecule has 1 unspecified atom stereocenters. The second-order valence-corrected chi connectivity index (χ2v) is 5.88. The van der Waals surface area contributed by atoms with Gasteiger partial charge in [-0.1, -0.05) is 25.1 Å². The van der Waals surface area contributed by atoms with Crippen LogP contribution in [-0.4, -0.2) is 41.1 Å². The predicted octanol–water partition coefficient (Wildman–Crippen LogP) is 2.59. The molecule has 2 N–H and O–H groups in total. The first kappa shape index (κ1) is 17.7. The molecule has 0 bridgehead atoms. The molecule has 0 aliphatic carbocycles. The number of nitrogens with one attached hydrogen (secondary N) is 1. The van der Waals surface area contributed by atoms with Gasteiger partial charge in [0.25, 0.3) is 0 Å². The normalized spacial score (nSPS) is 12.8. The number of aryl methyl sites for hydroxylation is 2. The molecule has 0 heterocycles. The molecular formula is C17H28N2O2. The molecule has 1 amide bonds. The number of hydrogen-bond donors (Lipinski definition) is 2. The van der Waals surface area contributed by atoms with E-state index in [4.69, 9.17) is 0 Å². The number of benzene rings is 1. The highest BCUT2D eigenvalue weighted by atomic mass is 16.3. The van der Waals surface area contributed by atoms with Gasteiger partial charge in [0.1, 0.15) is 0 Å². The van der Waals surface area contributed by atoms with Crippen molar-refractivity contribution in [3.05, 3.63) is 29.3 Å². The number of carbonyl (C=O) groups is 1. The molecule has 4 heteroatoms. The van der Waals surface area contributed by atoms with E-state index in [0.29, 0.717) is 13.1 Å². The molecule has 0 saturated heterocycles. The lowest BCUT2D eigenvalue weighted by Gasteiger charge is -2.27. The van der Waals surface area contributed by atoms with Crippen LogP contribution in [-0.2, 0) is 11.2 Å². The van der Waals surface area contributed by atoms with Gasteiger partial charge in [-0.15, -0.1) is 0 Å². The third kappa shape index (κ3) is 5.48. The smallest absolute Gasteiger partial charge is 0.238 e. The van der Waals surface area contributed by atoms with Gasteiger partial charge in [0, 0.05) is 18.3 Å². The maximum Gasteiger partial charge on any atom is 0.238 e. The van der Waals surface area contributed by atoms with Gasteiger partial charge in [-0.3, -0.25) is 9.69 Å². The van der Waals surface area contributed by atoms with Crippen molar-refractivity contribution < 1.29 is 9.90 Å². The van der Waals surface area contributed by atoms with E-state index in [1.165, 1.54) is 0 Å². The lowest BCUT2D eigenvalue weighted by Crippen LogP contribution is -2.42. The molecule has 0 spiro atoms. The minimum Gasteiger partial charge on any atom is -0.392 e. The standard InChI is InChI=1S/C17H28N2O2/c1-6-15-9-7-8-13(4)17(15)18-16(21)11-19(12(2)3)10-14(5)20/h7-9,12,14,20H,6,10-11H2,1-5H3,(H,18,21). The lowest BCUT2D eigenvalue weighted by atomic mass is 10.1. The van der Waals surface area contributed by atoms with Crippen LogP contribution in [0.25, 0.3) is 0 Å². The molecular weight excluding hydrogens is 264 g/mol. The number of amides is 1. The summed E-state index contributed by atoms with van der Waals surface area (Å²) in [5.74, 6) is -0.0339. The van der Waals surface area contributed by atoms with Gasteiger partial charge in [-0.2, -0.15) is 0 Å². The van der Waals surface area contributed by atoms with Gasteiger partial charge in [0.2, 0.25) is 5.91 Å². The van der Waals surface area contributed by atoms with Gasteiger partial charge in [-0.05, 0) is 45.2 Å². The fourth-order valence-corrected chi connectivity index (χ4v) is 2.36. The minimum absolute atomic E-state index is 0.0339. The van der Waals surface area contributed by atoms with Crippen molar-refractivity contribution in [3.8, 4) is 0 Å². The SMILES string of the molecule is CCc1cccc(C)c1NC(=O)CN(CC(C)O)C(C)C. The van der Waals surface area contributed by atoms with E-state index in [1.54, 1.807) is 6.92 Å². The summed E-state index contributed by atoms with van der Waals surface area (Å²) in [5, 5.41) is 12.6. The van der Waals surface area contributed by atoms with Crippen LogP contribution < -0.4 is 5.32 Å². The largest absolute Gasteiger partial charge is 0.392 e. The van der Waals surface area contributed by atoms with Crippen LogP contribution in [0, 0.1) is 6.92 Å². The minimum atomic E-state index is -0.440. The molecule has 0 saturated carbocycles. The van der Waals surface area contributed by atoms with Crippen LogP contribution in [0.4, 0.5) is 5.69 Å². The van der Waals surface area contributed by atoms with Crippen molar-refractivity contribution in [2.24, 2.45) is 0 Å². The molecule has 0 radical (unpaired) electrons. The second-order valence-electron chi connectivity index (χ2n) is 5.88. The predicted molar refractivity (Wildman–Crippen MR) is 87.6 cm³/mol. The average Bonchev–Trinajstić information content (AvgIpc) is 2.39. The average molecular weight is 292 g/mol.